The molecule has 2 aliphatic heterocycles. The fraction of sp³-hybridized carbons (Fsp3) is 0.632. The van der Waals surface area contributed by atoms with Gasteiger partial charge in [-0.25, -0.2) is 0 Å². The molecule has 1 amide bonds. The Balaban J connectivity index is 0.000000941. The van der Waals surface area contributed by atoms with Crippen LogP contribution >= 0.6 is 0 Å². The summed E-state index contributed by atoms with van der Waals surface area (Å²) in [6.45, 7) is 5.72. The van der Waals surface area contributed by atoms with Crippen LogP contribution in [-0.2, 0) is 14.3 Å². The van der Waals surface area contributed by atoms with Gasteiger partial charge in [0, 0.05) is 32.2 Å². The van der Waals surface area contributed by atoms with E-state index in [4.69, 9.17) is 28.8 Å². The van der Waals surface area contributed by atoms with Crippen molar-refractivity contribution >= 4 is 12.4 Å². The van der Waals surface area contributed by atoms with Crippen molar-refractivity contribution in [2.75, 3.05) is 66.8 Å². The molecule has 0 aromatic carbocycles. The van der Waals surface area contributed by atoms with Crippen LogP contribution in [0.15, 0.2) is 12.1 Å². The number of carbonyl (C=O) groups excluding carboxylic acids is 1. The Morgan fingerprint density at radius 2 is 2.03 bits per heavy atom. The molecule has 162 valence electrons. The van der Waals surface area contributed by atoms with Crippen LogP contribution in [0.1, 0.15) is 16.8 Å². The summed E-state index contributed by atoms with van der Waals surface area (Å²) < 4.78 is 21.6. The Morgan fingerprint density at radius 3 is 2.69 bits per heavy atom. The minimum Gasteiger partial charge on any atom is -0.483 e. The smallest absolute Gasteiger partial charge is 0.290 e. The maximum Gasteiger partial charge on any atom is 0.290 e. The summed E-state index contributed by atoms with van der Waals surface area (Å²) in [5.74, 6) is 0.662. The van der Waals surface area contributed by atoms with E-state index in [-0.39, 0.29) is 18.5 Å². The molecule has 3 heterocycles. The summed E-state index contributed by atoms with van der Waals surface area (Å²) in [6, 6.07) is 3.39. The summed E-state index contributed by atoms with van der Waals surface area (Å²) in [5, 5.41) is 6.89. The van der Waals surface area contributed by atoms with Gasteiger partial charge in [-0.15, -0.1) is 0 Å². The highest BCUT2D eigenvalue weighted by Crippen LogP contribution is 2.22. The average molecular weight is 411 g/mol. The summed E-state index contributed by atoms with van der Waals surface area (Å²) in [7, 11) is 3.04. The number of pyridine rings is 1. The lowest BCUT2D eigenvalue weighted by Gasteiger charge is -2.29. The molecule has 0 bridgehead atoms. The molecule has 3 rings (SSSR count). The van der Waals surface area contributed by atoms with Gasteiger partial charge in [-0.05, 0) is 19.0 Å². The molecule has 1 N–H and O–H groups in total. The van der Waals surface area contributed by atoms with Gasteiger partial charge in [-0.1, -0.05) is 0 Å². The molecule has 1 aromatic heterocycles. The van der Waals surface area contributed by atoms with Crippen LogP contribution in [0.3, 0.4) is 0 Å². The van der Waals surface area contributed by atoms with Crippen LogP contribution in [0.2, 0.25) is 0 Å². The van der Waals surface area contributed by atoms with Crippen molar-refractivity contribution in [3.8, 4) is 11.8 Å². The van der Waals surface area contributed by atoms with Gasteiger partial charge in [0.25, 0.3) is 12.4 Å². The topological polar surface area (TPSA) is 111 Å². The van der Waals surface area contributed by atoms with E-state index in [9.17, 15) is 4.79 Å². The van der Waals surface area contributed by atoms with Gasteiger partial charge in [0.1, 0.15) is 5.56 Å². The molecule has 0 saturated carbocycles. The van der Waals surface area contributed by atoms with Crippen molar-refractivity contribution < 1.29 is 33.6 Å². The highest BCUT2D eigenvalue weighted by Gasteiger charge is 2.25. The van der Waals surface area contributed by atoms with Crippen LogP contribution in [0.5, 0.6) is 11.8 Å². The standard InChI is InChI=1S/C18H27N3O5.CH2O2/c1-23-16-5-4-15(17(19-16)24-2)18(22)21-7-3-6-20(8-9-21)12-14-13-25-10-11-26-14;2-1-3/h4-5,14H,3,6-13H2,1-2H3;1H,(H,2,3). The third kappa shape index (κ3) is 6.84. The number of carbonyl (C=O) groups is 2. The van der Waals surface area contributed by atoms with Crippen LogP contribution in [0.25, 0.3) is 0 Å². The van der Waals surface area contributed by atoms with Gasteiger partial charge < -0.3 is 29.0 Å². The molecular formula is C19H29N3O7. The van der Waals surface area contributed by atoms with E-state index in [0.29, 0.717) is 50.2 Å². The zero-order valence-corrected chi connectivity index (χ0v) is 16.9. The summed E-state index contributed by atoms with van der Waals surface area (Å²) in [5.41, 5.74) is 0.464. The first-order chi connectivity index (χ1) is 14.1. The third-order valence-electron chi connectivity index (χ3n) is 4.69. The van der Waals surface area contributed by atoms with E-state index in [1.165, 1.54) is 14.2 Å². The molecule has 2 fully saturated rings. The second kappa shape index (κ2) is 12.2. The zero-order chi connectivity index (χ0) is 21.1. The Hall–Kier alpha value is -2.43. The fourth-order valence-electron chi connectivity index (χ4n) is 3.31. The Labute approximate surface area is 170 Å². The number of ether oxygens (including phenoxy) is 4. The predicted molar refractivity (Wildman–Crippen MR) is 104 cm³/mol. The first-order valence-electron chi connectivity index (χ1n) is 9.50. The third-order valence-corrected chi connectivity index (χ3v) is 4.69. The fourth-order valence-corrected chi connectivity index (χ4v) is 3.31. The summed E-state index contributed by atoms with van der Waals surface area (Å²) in [6.07, 6.45) is 1.04. The lowest BCUT2D eigenvalue weighted by atomic mass is 10.2. The largest absolute Gasteiger partial charge is 0.483 e. The molecule has 10 nitrogen and oxygen atoms in total. The molecule has 10 heteroatoms. The van der Waals surface area contributed by atoms with E-state index in [1.54, 1.807) is 12.1 Å². The molecule has 2 saturated heterocycles. The number of aromatic nitrogens is 1. The number of amides is 1. The van der Waals surface area contributed by atoms with Crippen molar-refractivity contribution in [2.24, 2.45) is 0 Å². The van der Waals surface area contributed by atoms with Crippen molar-refractivity contribution in [3.05, 3.63) is 17.7 Å². The van der Waals surface area contributed by atoms with Gasteiger partial charge in [0.15, 0.2) is 0 Å². The summed E-state index contributed by atoms with van der Waals surface area (Å²) >= 11 is 0. The van der Waals surface area contributed by atoms with Gasteiger partial charge in [0.2, 0.25) is 11.8 Å². The second-order valence-corrected chi connectivity index (χ2v) is 6.53. The normalized spacial score (nSPS) is 20.1. The Kier molecular flexibility index (Phi) is 9.62. The average Bonchev–Trinajstić information content (AvgIpc) is 2.99. The number of rotatable bonds is 5. The van der Waals surface area contributed by atoms with Gasteiger partial charge in [-0.3, -0.25) is 14.5 Å². The van der Waals surface area contributed by atoms with Crippen LogP contribution in [0, 0.1) is 0 Å². The Morgan fingerprint density at radius 1 is 1.24 bits per heavy atom. The molecule has 0 aliphatic carbocycles. The maximum absolute atomic E-state index is 12.9. The monoisotopic (exact) mass is 411 g/mol. The molecule has 2 aliphatic rings. The maximum atomic E-state index is 12.9. The highest BCUT2D eigenvalue weighted by atomic mass is 16.6. The van der Waals surface area contributed by atoms with E-state index in [0.717, 1.165) is 26.1 Å². The first-order valence-corrected chi connectivity index (χ1v) is 9.50. The highest BCUT2D eigenvalue weighted by molar-refractivity contribution is 5.96. The number of methoxy groups -OCH3 is 2. The van der Waals surface area contributed by atoms with E-state index >= 15 is 0 Å². The van der Waals surface area contributed by atoms with Gasteiger partial charge in [-0.2, -0.15) is 4.98 Å². The van der Waals surface area contributed by atoms with Crippen molar-refractivity contribution in [3.63, 3.8) is 0 Å². The van der Waals surface area contributed by atoms with E-state index < -0.39 is 0 Å². The Bertz CT molecular complexity index is 653. The van der Waals surface area contributed by atoms with Crippen molar-refractivity contribution in [2.45, 2.75) is 12.5 Å². The molecule has 0 radical (unpaired) electrons. The van der Waals surface area contributed by atoms with Crippen molar-refractivity contribution in [1.29, 1.82) is 0 Å². The predicted octanol–water partition coefficient (Wildman–Crippen LogP) is 0.363. The van der Waals surface area contributed by atoms with E-state index in [2.05, 4.69) is 9.88 Å². The van der Waals surface area contributed by atoms with Crippen molar-refractivity contribution in [1.82, 2.24) is 14.8 Å². The lowest BCUT2D eigenvalue weighted by Crippen LogP contribution is -2.42. The minimum atomic E-state index is -0.250. The zero-order valence-electron chi connectivity index (χ0n) is 16.9. The lowest BCUT2D eigenvalue weighted by molar-refractivity contribution is -0.122. The van der Waals surface area contributed by atoms with Gasteiger partial charge >= 0.3 is 0 Å². The quantitative estimate of drug-likeness (QED) is 0.687. The molecule has 0 spiro atoms. The SMILES string of the molecule is COc1ccc(C(=O)N2CCCN(CC3COCCO3)CC2)c(OC)n1.O=CO. The van der Waals surface area contributed by atoms with Crippen LogP contribution in [0.4, 0.5) is 0 Å². The van der Waals surface area contributed by atoms with Crippen LogP contribution in [-0.4, -0.2) is 105 Å². The molecule has 29 heavy (non-hydrogen) atoms. The molecule has 1 atom stereocenters. The first kappa shape index (κ1) is 22.9. The molecule has 1 aromatic rings. The van der Waals surface area contributed by atoms with Crippen LogP contribution < -0.4 is 9.47 Å². The number of hydrogen-bond donors (Lipinski definition) is 1. The number of hydrogen-bond acceptors (Lipinski definition) is 8. The molecular weight excluding hydrogens is 382 g/mol. The van der Waals surface area contributed by atoms with E-state index in [1.807, 2.05) is 4.90 Å². The second-order valence-electron chi connectivity index (χ2n) is 6.53. The molecule has 1 unspecified atom stereocenters. The number of carboxylic acid groups (broad SMARTS) is 1. The number of nitrogens with zero attached hydrogens (tertiary/aromatic N) is 3. The summed E-state index contributed by atoms with van der Waals surface area (Å²) in [4.78, 5) is 29.7. The minimum absolute atomic E-state index is 0.0592. The van der Waals surface area contributed by atoms with Gasteiger partial charge in [0.05, 0.1) is 40.1 Å².